The number of hydrogen-bond acceptors (Lipinski definition) is 2. The third-order valence-electron chi connectivity index (χ3n) is 1.73. The van der Waals surface area contributed by atoms with Crippen LogP contribution in [0.4, 0.5) is 10.5 Å². The second kappa shape index (κ2) is 2.71. The molecule has 1 heterocycles. The van der Waals surface area contributed by atoms with Crippen molar-refractivity contribution in [1.82, 2.24) is 4.72 Å². The highest BCUT2D eigenvalue weighted by Crippen LogP contribution is 2.30. The average Bonchev–Trinajstić information content (AvgIpc) is 2.07. The number of benzene rings is 1. The Morgan fingerprint density at radius 3 is 3.08 bits per heavy atom. The van der Waals surface area contributed by atoms with Gasteiger partial charge >= 0.3 is 6.03 Å². The normalized spacial score (nSPS) is 14.6. The van der Waals surface area contributed by atoms with E-state index in [-0.39, 0.29) is 6.03 Å². The lowest BCUT2D eigenvalue weighted by molar-refractivity contribution is 0.257. The second-order valence-corrected chi connectivity index (χ2v) is 3.45. The molecule has 1 aliphatic heterocycles. The summed E-state index contributed by atoms with van der Waals surface area (Å²) in [6, 6.07) is 5.77. The number of nitrogens with one attached hydrogen (secondary N) is 2. The van der Waals surface area contributed by atoms with Crippen molar-refractivity contribution in [2.75, 3.05) is 5.32 Å². The van der Waals surface area contributed by atoms with Gasteiger partial charge in [0.05, 0.1) is 10.6 Å². The molecule has 0 aromatic heterocycles. The lowest BCUT2D eigenvalue weighted by Crippen LogP contribution is -2.27. The van der Waals surface area contributed by atoms with Crippen LogP contribution in [-0.4, -0.2) is 6.03 Å². The van der Waals surface area contributed by atoms with Gasteiger partial charge in [0.2, 0.25) is 0 Å². The Morgan fingerprint density at radius 1 is 1.42 bits per heavy atom. The van der Waals surface area contributed by atoms with Crippen LogP contribution in [-0.2, 0) is 0 Å². The third kappa shape index (κ3) is 1.14. The molecule has 2 N–H and O–H groups in total. The van der Waals surface area contributed by atoms with E-state index in [4.69, 9.17) is 0 Å². The summed E-state index contributed by atoms with van der Waals surface area (Å²) >= 11 is 1.35. The van der Waals surface area contributed by atoms with E-state index in [2.05, 4.69) is 10.0 Å². The predicted octanol–water partition coefficient (Wildman–Crippen LogP) is 2.14. The Hall–Kier alpha value is -1.16. The first-order valence-electron chi connectivity index (χ1n) is 3.61. The average molecular weight is 180 g/mol. The lowest BCUT2D eigenvalue weighted by Gasteiger charge is -2.18. The topological polar surface area (TPSA) is 41.1 Å². The van der Waals surface area contributed by atoms with E-state index in [0.29, 0.717) is 0 Å². The second-order valence-electron chi connectivity index (χ2n) is 2.61. The number of para-hydroxylation sites is 1. The molecular formula is C8H8N2OS. The fraction of sp³-hybridized carbons (Fsp3) is 0.125. The Balaban J connectivity index is 2.50. The SMILES string of the molecule is Cc1cccc2c1NC(=O)NS2. The number of carbonyl (C=O) groups is 1. The summed E-state index contributed by atoms with van der Waals surface area (Å²) in [4.78, 5) is 12.0. The Morgan fingerprint density at radius 2 is 2.25 bits per heavy atom. The van der Waals surface area contributed by atoms with E-state index in [0.717, 1.165) is 16.1 Å². The van der Waals surface area contributed by atoms with Crippen LogP contribution in [0.3, 0.4) is 0 Å². The molecule has 0 atom stereocenters. The minimum Gasteiger partial charge on any atom is -0.306 e. The Bertz CT molecular complexity index is 338. The van der Waals surface area contributed by atoms with Crippen LogP contribution in [0.5, 0.6) is 0 Å². The number of urea groups is 1. The highest BCUT2D eigenvalue weighted by molar-refractivity contribution is 7.98. The van der Waals surface area contributed by atoms with Gasteiger partial charge in [-0.3, -0.25) is 4.72 Å². The number of aryl methyl sites for hydroxylation is 1. The van der Waals surface area contributed by atoms with Gasteiger partial charge in [-0.2, -0.15) is 0 Å². The quantitative estimate of drug-likeness (QED) is 0.600. The summed E-state index contributed by atoms with van der Waals surface area (Å²) < 4.78 is 2.63. The van der Waals surface area contributed by atoms with Gasteiger partial charge < -0.3 is 5.32 Å². The number of hydrogen-bond donors (Lipinski definition) is 2. The molecule has 4 heteroatoms. The minimum absolute atomic E-state index is 0.151. The Kier molecular flexibility index (Phi) is 1.69. The molecule has 0 aliphatic carbocycles. The van der Waals surface area contributed by atoms with Crippen molar-refractivity contribution >= 4 is 23.7 Å². The molecule has 1 aliphatic rings. The smallest absolute Gasteiger partial charge is 0.306 e. The molecule has 0 spiro atoms. The molecule has 62 valence electrons. The number of amides is 2. The molecule has 12 heavy (non-hydrogen) atoms. The molecular weight excluding hydrogens is 172 g/mol. The number of anilines is 1. The summed E-state index contributed by atoms with van der Waals surface area (Å²) in [6.45, 7) is 1.98. The van der Waals surface area contributed by atoms with Crippen molar-refractivity contribution in [2.24, 2.45) is 0 Å². The molecule has 3 nitrogen and oxygen atoms in total. The van der Waals surface area contributed by atoms with Crippen LogP contribution >= 0.6 is 11.9 Å². The zero-order valence-electron chi connectivity index (χ0n) is 6.55. The van der Waals surface area contributed by atoms with Crippen LogP contribution in [0.1, 0.15) is 5.56 Å². The summed E-state index contributed by atoms with van der Waals surface area (Å²) in [5.74, 6) is 0. The summed E-state index contributed by atoms with van der Waals surface area (Å²) in [5, 5.41) is 2.76. The molecule has 1 aromatic carbocycles. The molecule has 0 radical (unpaired) electrons. The van der Waals surface area contributed by atoms with E-state index < -0.39 is 0 Å². The lowest BCUT2D eigenvalue weighted by atomic mass is 10.2. The van der Waals surface area contributed by atoms with Crippen molar-refractivity contribution in [2.45, 2.75) is 11.8 Å². The molecule has 2 amide bonds. The third-order valence-corrected chi connectivity index (χ3v) is 2.57. The van der Waals surface area contributed by atoms with Crippen LogP contribution in [0.25, 0.3) is 0 Å². The first kappa shape index (κ1) is 7.49. The van der Waals surface area contributed by atoms with Crippen LogP contribution in [0, 0.1) is 6.92 Å². The van der Waals surface area contributed by atoms with Crippen LogP contribution in [0.2, 0.25) is 0 Å². The van der Waals surface area contributed by atoms with Gasteiger partial charge in [-0.1, -0.05) is 12.1 Å². The number of fused-ring (bicyclic) bond motifs is 1. The van der Waals surface area contributed by atoms with Crippen LogP contribution < -0.4 is 10.0 Å². The fourth-order valence-corrected chi connectivity index (χ4v) is 1.84. The van der Waals surface area contributed by atoms with E-state index in [9.17, 15) is 4.79 Å². The highest BCUT2D eigenvalue weighted by Gasteiger charge is 2.15. The van der Waals surface area contributed by atoms with Gasteiger partial charge in [0.1, 0.15) is 0 Å². The molecule has 0 unspecified atom stereocenters. The number of rotatable bonds is 0. The fourth-order valence-electron chi connectivity index (χ4n) is 1.13. The van der Waals surface area contributed by atoms with Crippen molar-refractivity contribution < 1.29 is 4.79 Å². The monoisotopic (exact) mass is 180 g/mol. The summed E-state index contributed by atoms with van der Waals surface area (Å²) in [5.41, 5.74) is 2.01. The zero-order valence-corrected chi connectivity index (χ0v) is 7.37. The minimum atomic E-state index is -0.151. The van der Waals surface area contributed by atoms with E-state index in [1.807, 2.05) is 25.1 Å². The molecule has 0 saturated heterocycles. The molecule has 0 saturated carbocycles. The molecule has 1 aromatic rings. The van der Waals surface area contributed by atoms with Crippen LogP contribution in [0.15, 0.2) is 23.1 Å². The van der Waals surface area contributed by atoms with E-state index in [1.165, 1.54) is 11.9 Å². The number of carbonyl (C=O) groups excluding carboxylic acids is 1. The van der Waals surface area contributed by atoms with Crippen molar-refractivity contribution in [3.63, 3.8) is 0 Å². The van der Waals surface area contributed by atoms with E-state index >= 15 is 0 Å². The maximum Gasteiger partial charge on any atom is 0.329 e. The Labute approximate surface area is 74.7 Å². The van der Waals surface area contributed by atoms with Gasteiger partial charge in [-0.25, -0.2) is 4.79 Å². The molecule has 0 fully saturated rings. The van der Waals surface area contributed by atoms with Gasteiger partial charge in [-0.05, 0) is 30.5 Å². The first-order chi connectivity index (χ1) is 5.77. The first-order valence-corrected chi connectivity index (χ1v) is 4.42. The summed E-state index contributed by atoms with van der Waals surface area (Å²) in [7, 11) is 0. The van der Waals surface area contributed by atoms with Gasteiger partial charge in [0, 0.05) is 0 Å². The van der Waals surface area contributed by atoms with Crippen molar-refractivity contribution in [3.05, 3.63) is 23.8 Å². The summed E-state index contributed by atoms with van der Waals surface area (Å²) in [6.07, 6.45) is 0. The predicted molar refractivity (Wildman–Crippen MR) is 49.2 cm³/mol. The zero-order chi connectivity index (χ0) is 8.55. The molecule has 0 bridgehead atoms. The maximum absolute atomic E-state index is 10.9. The van der Waals surface area contributed by atoms with Gasteiger partial charge in [0.15, 0.2) is 0 Å². The van der Waals surface area contributed by atoms with Gasteiger partial charge in [-0.15, -0.1) is 0 Å². The maximum atomic E-state index is 10.9. The van der Waals surface area contributed by atoms with E-state index in [1.54, 1.807) is 0 Å². The van der Waals surface area contributed by atoms with Gasteiger partial charge in [0.25, 0.3) is 0 Å². The van der Waals surface area contributed by atoms with Crippen molar-refractivity contribution in [1.29, 1.82) is 0 Å². The van der Waals surface area contributed by atoms with Crippen molar-refractivity contribution in [3.8, 4) is 0 Å². The molecule has 2 rings (SSSR count). The highest BCUT2D eigenvalue weighted by atomic mass is 32.2. The largest absolute Gasteiger partial charge is 0.329 e. The standard InChI is InChI=1S/C8H8N2OS/c1-5-3-2-4-6-7(5)9-8(11)10-12-6/h2-4H,1H3,(H2,9,10,11).